The summed E-state index contributed by atoms with van der Waals surface area (Å²) < 4.78 is 13.0. The third kappa shape index (κ3) is 1.95. The lowest BCUT2D eigenvalue weighted by Crippen LogP contribution is -1.89. The van der Waals surface area contributed by atoms with Gasteiger partial charge in [0, 0.05) is 11.4 Å². The lowest BCUT2D eigenvalue weighted by atomic mass is 10.1. The van der Waals surface area contributed by atoms with Gasteiger partial charge in [0.25, 0.3) is 0 Å². The van der Waals surface area contributed by atoms with Crippen LogP contribution in [0.3, 0.4) is 0 Å². The Hall–Kier alpha value is -1.09. The number of hydrogen-bond acceptors (Lipinski definition) is 2. The predicted molar refractivity (Wildman–Crippen MR) is 45.3 cm³/mol. The first-order chi connectivity index (χ1) is 5.77. The Morgan fingerprint density at radius 1 is 1.58 bits per heavy atom. The van der Waals surface area contributed by atoms with Crippen LogP contribution in [0.4, 0.5) is 4.39 Å². The smallest absolute Gasteiger partial charge is 0.132 e. The lowest BCUT2D eigenvalue weighted by molar-refractivity contribution is 0.321. The monoisotopic (exact) mass is 187 g/mol. The summed E-state index contributed by atoms with van der Waals surface area (Å²) in [5.74, 6) is -0.168. The van der Waals surface area contributed by atoms with Crippen LogP contribution < -0.4 is 0 Å². The van der Waals surface area contributed by atoms with E-state index in [0.29, 0.717) is 5.56 Å². The lowest BCUT2D eigenvalue weighted by Gasteiger charge is -1.97. The van der Waals surface area contributed by atoms with Gasteiger partial charge >= 0.3 is 0 Å². The maximum absolute atomic E-state index is 13.0. The third-order valence-electron chi connectivity index (χ3n) is 1.42. The van der Waals surface area contributed by atoms with Gasteiger partial charge in [-0.1, -0.05) is 17.3 Å². The van der Waals surface area contributed by atoms with Crippen LogP contribution in [-0.2, 0) is 5.88 Å². The van der Waals surface area contributed by atoms with Crippen LogP contribution in [0.1, 0.15) is 11.1 Å². The van der Waals surface area contributed by atoms with Gasteiger partial charge < -0.3 is 5.21 Å². The fraction of sp³-hybridized carbons (Fsp3) is 0.125. The maximum Gasteiger partial charge on any atom is 0.132 e. The molecule has 4 heteroatoms. The summed E-state index contributed by atoms with van der Waals surface area (Å²) in [5, 5.41) is 10.9. The van der Waals surface area contributed by atoms with Gasteiger partial charge in [0.2, 0.25) is 0 Å². The number of rotatable bonds is 2. The van der Waals surface area contributed by atoms with E-state index in [4.69, 9.17) is 16.8 Å². The van der Waals surface area contributed by atoms with E-state index < -0.39 is 5.82 Å². The van der Waals surface area contributed by atoms with Crippen LogP contribution in [0.15, 0.2) is 23.4 Å². The van der Waals surface area contributed by atoms with Crippen molar-refractivity contribution < 1.29 is 9.60 Å². The van der Waals surface area contributed by atoms with Crippen LogP contribution in [0.2, 0.25) is 0 Å². The van der Waals surface area contributed by atoms with E-state index >= 15 is 0 Å². The molecule has 1 aromatic carbocycles. The topological polar surface area (TPSA) is 32.6 Å². The molecule has 1 rings (SSSR count). The molecule has 0 bridgehead atoms. The molecule has 0 unspecified atom stereocenters. The second kappa shape index (κ2) is 4.07. The van der Waals surface area contributed by atoms with Crippen LogP contribution >= 0.6 is 11.6 Å². The van der Waals surface area contributed by atoms with Crippen LogP contribution in [-0.4, -0.2) is 11.4 Å². The van der Waals surface area contributed by atoms with Crippen molar-refractivity contribution in [2.24, 2.45) is 5.16 Å². The van der Waals surface area contributed by atoms with Gasteiger partial charge in [0.1, 0.15) is 5.82 Å². The van der Waals surface area contributed by atoms with Gasteiger partial charge in [-0.05, 0) is 11.6 Å². The van der Waals surface area contributed by atoms with E-state index in [-0.39, 0.29) is 11.4 Å². The second-order valence-corrected chi connectivity index (χ2v) is 2.50. The summed E-state index contributed by atoms with van der Waals surface area (Å²) in [6, 6.07) is 4.49. The molecule has 1 aromatic rings. The van der Waals surface area contributed by atoms with Crippen molar-refractivity contribution in [2.75, 3.05) is 0 Å². The standard InChI is InChI=1S/C8H7ClFNO/c9-4-6-1-2-7(5-11-12)8(10)3-6/h1-3,5,12H,4H2/b11-5+. The van der Waals surface area contributed by atoms with Gasteiger partial charge in [-0.3, -0.25) is 0 Å². The van der Waals surface area contributed by atoms with Crippen LogP contribution in [0, 0.1) is 5.82 Å². The highest BCUT2D eigenvalue weighted by Gasteiger charge is 2.00. The fourth-order valence-electron chi connectivity index (χ4n) is 0.821. The summed E-state index contributed by atoms with van der Waals surface area (Å²) in [6.07, 6.45) is 1.04. The highest BCUT2D eigenvalue weighted by Crippen LogP contribution is 2.10. The van der Waals surface area contributed by atoms with Crippen molar-refractivity contribution in [3.8, 4) is 0 Å². The number of oxime groups is 1. The number of hydrogen-bond donors (Lipinski definition) is 1. The average molecular weight is 188 g/mol. The Bertz CT molecular complexity index is 301. The van der Waals surface area contributed by atoms with Crippen molar-refractivity contribution in [1.29, 1.82) is 0 Å². The van der Waals surface area contributed by atoms with Crippen molar-refractivity contribution >= 4 is 17.8 Å². The number of halogens is 2. The van der Waals surface area contributed by atoms with Crippen LogP contribution in [0.5, 0.6) is 0 Å². The Labute approximate surface area is 74.3 Å². The van der Waals surface area contributed by atoms with Crippen LogP contribution in [0.25, 0.3) is 0 Å². The van der Waals surface area contributed by atoms with E-state index in [1.165, 1.54) is 12.1 Å². The molecule has 0 radical (unpaired) electrons. The summed E-state index contributed by atoms with van der Waals surface area (Å²) >= 11 is 5.48. The summed E-state index contributed by atoms with van der Waals surface area (Å²) in [7, 11) is 0. The molecule has 1 N–H and O–H groups in total. The van der Waals surface area contributed by atoms with Crippen molar-refractivity contribution in [3.63, 3.8) is 0 Å². The van der Waals surface area contributed by atoms with Gasteiger partial charge in [-0.2, -0.15) is 0 Å². The zero-order valence-corrected chi connectivity index (χ0v) is 6.92. The molecule has 0 spiro atoms. The number of nitrogens with zero attached hydrogens (tertiary/aromatic N) is 1. The molecule has 0 aliphatic carbocycles. The van der Waals surface area contributed by atoms with Gasteiger partial charge in [0.05, 0.1) is 6.21 Å². The van der Waals surface area contributed by atoms with Gasteiger partial charge in [-0.15, -0.1) is 11.6 Å². The minimum absolute atomic E-state index is 0.242. The SMILES string of the molecule is O/N=C/c1ccc(CCl)cc1F. The molecule has 12 heavy (non-hydrogen) atoms. The molecular weight excluding hydrogens is 181 g/mol. The Morgan fingerprint density at radius 3 is 2.83 bits per heavy atom. The predicted octanol–water partition coefficient (Wildman–Crippen LogP) is 2.37. The first-order valence-electron chi connectivity index (χ1n) is 3.29. The van der Waals surface area contributed by atoms with E-state index in [2.05, 4.69) is 5.16 Å². The van der Waals surface area contributed by atoms with Gasteiger partial charge in [-0.25, -0.2) is 4.39 Å². The zero-order valence-electron chi connectivity index (χ0n) is 6.17. The Kier molecular flexibility index (Phi) is 3.05. The molecule has 64 valence electrons. The average Bonchev–Trinajstić information content (AvgIpc) is 2.09. The maximum atomic E-state index is 13.0. The highest BCUT2D eigenvalue weighted by atomic mass is 35.5. The summed E-state index contributed by atoms with van der Waals surface area (Å²) in [6.45, 7) is 0. The normalized spacial score (nSPS) is 10.8. The first kappa shape index (κ1) is 9.00. The van der Waals surface area contributed by atoms with E-state index in [9.17, 15) is 4.39 Å². The minimum atomic E-state index is -0.439. The summed E-state index contributed by atoms with van der Waals surface area (Å²) in [4.78, 5) is 0. The highest BCUT2D eigenvalue weighted by molar-refractivity contribution is 6.17. The largest absolute Gasteiger partial charge is 0.411 e. The van der Waals surface area contributed by atoms with Crippen molar-refractivity contribution in [1.82, 2.24) is 0 Å². The van der Waals surface area contributed by atoms with Gasteiger partial charge in [0.15, 0.2) is 0 Å². The molecule has 0 heterocycles. The van der Waals surface area contributed by atoms with E-state index in [0.717, 1.165) is 6.21 Å². The number of alkyl halides is 1. The quantitative estimate of drug-likeness (QED) is 0.328. The molecule has 0 aliphatic rings. The van der Waals surface area contributed by atoms with E-state index in [1.807, 2.05) is 0 Å². The Morgan fingerprint density at radius 2 is 2.33 bits per heavy atom. The molecule has 0 amide bonds. The molecule has 0 aromatic heterocycles. The first-order valence-corrected chi connectivity index (χ1v) is 3.83. The van der Waals surface area contributed by atoms with Crippen molar-refractivity contribution in [3.05, 3.63) is 35.1 Å². The molecule has 0 saturated heterocycles. The molecule has 0 aliphatic heterocycles. The molecule has 0 atom stereocenters. The Balaban J connectivity index is 3.03. The molecular formula is C8H7ClFNO. The summed E-state index contributed by atoms with van der Waals surface area (Å²) in [5.41, 5.74) is 0.940. The molecule has 0 saturated carbocycles. The minimum Gasteiger partial charge on any atom is -0.411 e. The zero-order chi connectivity index (χ0) is 8.97. The van der Waals surface area contributed by atoms with Crippen molar-refractivity contribution in [2.45, 2.75) is 5.88 Å². The molecule has 2 nitrogen and oxygen atoms in total. The number of benzene rings is 1. The second-order valence-electron chi connectivity index (χ2n) is 2.23. The fourth-order valence-corrected chi connectivity index (χ4v) is 0.987. The molecule has 0 fully saturated rings. The third-order valence-corrected chi connectivity index (χ3v) is 1.72. The van der Waals surface area contributed by atoms with E-state index in [1.54, 1.807) is 6.07 Å².